The molecule has 1 aliphatic rings. The van der Waals surface area contributed by atoms with Crippen molar-refractivity contribution in [1.82, 2.24) is 4.98 Å². The fraction of sp³-hybridized carbons (Fsp3) is 0.111. The molecule has 170 valence electrons. The molecule has 0 aliphatic carbocycles. The van der Waals surface area contributed by atoms with Gasteiger partial charge < -0.3 is 21.7 Å². The van der Waals surface area contributed by atoms with E-state index in [-0.39, 0.29) is 11.4 Å². The van der Waals surface area contributed by atoms with Crippen molar-refractivity contribution in [3.05, 3.63) is 102 Å². The van der Waals surface area contributed by atoms with Crippen molar-refractivity contribution in [1.29, 1.82) is 0 Å². The molecule has 5 N–H and O–H groups in total. The number of nitrogens with two attached hydrogens (primary N) is 2. The zero-order valence-corrected chi connectivity index (χ0v) is 18.4. The minimum atomic E-state index is -0.617. The summed E-state index contributed by atoms with van der Waals surface area (Å²) >= 11 is 0. The summed E-state index contributed by atoms with van der Waals surface area (Å²) in [7, 11) is 0. The van der Waals surface area contributed by atoms with Gasteiger partial charge in [-0.2, -0.15) is 0 Å². The van der Waals surface area contributed by atoms with E-state index in [4.69, 9.17) is 11.5 Å². The molecule has 4 aromatic rings. The Morgan fingerprint density at radius 3 is 2.38 bits per heavy atom. The summed E-state index contributed by atoms with van der Waals surface area (Å²) in [5.74, 6) is -0.440. The van der Waals surface area contributed by atoms with Crippen LogP contribution in [0.4, 0.5) is 27.3 Å². The van der Waals surface area contributed by atoms with Crippen molar-refractivity contribution in [2.45, 2.75) is 5.92 Å². The normalized spacial score (nSPS) is 13.4. The van der Waals surface area contributed by atoms with Gasteiger partial charge in [0.1, 0.15) is 11.6 Å². The van der Waals surface area contributed by atoms with Crippen LogP contribution in [0.25, 0.3) is 11.3 Å². The Hall–Kier alpha value is -4.39. The smallest absolute Gasteiger partial charge is 0.258 e. The second-order valence-electron chi connectivity index (χ2n) is 8.38. The van der Waals surface area contributed by atoms with E-state index in [1.54, 1.807) is 18.2 Å². The minimum absolute atomic E-state index is 0.0766. The van der Waals surface area contributed by atoms with E-state index in [0.717, 1.165) is 18.8 Å². The average Bonchev–Trinajstić information content (AvgIpc) is 2.82. The topological polar surface area (TPSA) is 97.3 Å². The molecule has 2 heterocycles. The van der Waals surface area contributed by atoms with Crippen molar-refractivity contribution in [2.24, 2.45) is 0 Å². The van der Waals surface area contributed by atoms with Crippen LogP contribution in [0.1, 0.15) is 21.8 Å². The number of hydrogen-bond acceptors (Lipinski definition) is 5. The number of amides is 1. The molecule has 0 bridgehead atoms. The van der Waals surface area contributed by atoms with Crippen LogP contribution in [-0.2, 0) is 0 Å². The molecular weight excluding hydrogens is 429 g/mol. The molecule has 1 fully saturated rings. The summed E-state index contributed by atoms with van der Waals surface area (Å²) in [5, 5.41) is 2.77. The summed E-state index contributed by atoms with van der Waals surface area (Å²) in [4.78, 5) is 19.3. The van der Waals surface area contributed by atoms with Crippen LogP contribution < -0.4 is 21.7 Å². The van der Waals surface area contributed by atoms with E-state index in [0.29, 0.717) is 28.6 Å². The van der Waals surface area contributed by atoms with E-state index in [2.05, 4.69) is 39.5 Å². The Labute approximate surface area is 197 Å². The highest BCUT2D eigenvalue weighted by molar-refractivity contribution is 6.05. The maximum atomic E-state index is 14.4. The first-order valence-electron chi connectivity index (χ1n) is 11.0. The molecule has 1 saturated heterocycles. The molecule has 1 aromatic heterocycles. The number of halogens is 1. The van der Waals surface area contributed by atoms with Crippen LogP contribution in [0.3, 0.4) is 0 Å². The lowest BCUT2D eigenvalue weighted by Crippen LogP contribution is -2.44. The highest BCUT2D eigenvalue weighted by atomic mass is 19.1. The van der Waals surface area contributed by atoms with Gasteiger partial charge in [-0.1, -0.05) is 30.3 Å². The number of anilines is 4. The van der Waals surface area contributed by atoms with Gasteiger partial charge in [0.05, 0.1) is 16.9 Å². The number of pyridine rings is 1. The molecule has 0 unspecified atom stereocenters. The van der Waals surface area contributed by atoms with E-state index >= 15 is 0 Å². The molecule has 1 aliphatic heterocycles. The molecule has 0 radical (unpaired) electrons. The van der Waals surface area contributed by atoms with Crippen LogP contribution in [0.5, 0.6) is 0 Å². The Bertz CT molecular complexity index is 1340. The third kappa shape index (κ3) is 4.28. The van der Waals surface area contributed by atoms with Crippen LogP contribution in [0.15, 0.2) is 84.9 Å². The van der Waals surface area contributed by atoms with Gasteiger partial charge in [-0.05, 0) is 60.2 Å². The summed E-state index contributed by atoms with van der Waals surface area (Å²) in [6, 6.07) is 25.6. The van der Waals surface area contributed by atoms with Crippen LogP contribution >= 0.6 is 0 Å². The second-order valence-corrected chi connectivity index (χ2v) is 8.38. The standard InChI is InChI=1S/C27H24FN5O/c28-23-11-6-18(25-13-12-24(29)26(30)32-25)14-22(23)27(34)31-20-7-9-21(10-8-20)33-15-19(16-33)17-4-2-1-3-5-17/h1-14,19H,15-16,29H2,(H2,30,32)(H,31,34). The number of benzene rings is 3. The van der Waals surface area contributed by atoms with Crippen molar-refractivity contribution < 1.29 is 9.18 Å². The number of carbonyl (C=O) groups excluding carboxylic acids is 1. The van der Waals surface area contributed by atoms with Gasteiger partial charge >= 0.3 is 0 Å². The number of aromatic nitrogens is 1. The lowest BCUT2D eigenvalue weighted by atomic mass is 9.91. The van der Waals surface area contributed by atoms with Crippen LogP contribution in [0.2, 0.25) is 0 Å². The number of rotatable bonds is 5. The van der Waals surface area contributed by atoms with Gasteiger partial charge in [-0.3, -0.25) is 4.79 Å². The summed E-state index contributed by atoms with van der Waals surface area (Å²) in [6.45, 7) is 1.91. The lowest BCUT2D eigenvalue weighted by molar-refractivity contribution is 0.102. The van der Waals surface area contributed by atoms with Gasteiger partial charge in [-0.25, -0.2) is 9.37 Å². The number of carbonyl (C=O) groups is 1. The van der Waals surface area contributed by atoms with Gasteiger partial charge in [-0.15, -0.1) is 0 Å². The van der Waals surface area contributed by atoms with Crippen molar-refractivity contribution in [2.75, 3.05) is 34.8 Å². The quantitative estimate of drug-likeness (QED) is 0.399. The first-order chi connectivity index (χ1) is 16.5. The average molecular weight is 454 g/mol. The molecule has 7 heteroatoms. The molecule has 3 aromatic carbocycles. The number of nitrogen functional groups attached to an aromatic ring is 2. The third-order valence-electron chi connectivity index (χ3n) is 6.11. The highest BCUT2D eigenvalue weighted by Crippen LogP contribution is 2.32. The second kappa shape index (κ2) is 8.86. The maximum absolute atomic E-state index is 14.4. The molecule has 5 rings (SSSR count). The van der Waals surface area contributed by atoms with E-state index in [1.165, 1.54) is 17.7 Å². The van der Waals surface area contributed by atoms with E-state index < -0.39 is 11.7 Å². The molecule has 0 spiro atoms. The minimum Gasteiger partial charge on any atom is -0.396 e. The van der Waals surface area contributed by atoms with Crippen molar-refractivity contribution in [3.8, 4) is 11.3 Å². The summed E-state index contributed by atoms with van der Waals surface area (Å²) in [5.41, 5.74) is 15.9. The molecule has 34 heavy (non-hydrogen) atoms. The van der Waals surface area contributed by atoms with Gasteiger partial charge in [0, 0.05) is 35.9 Å². The van der Waals surface area contributed by atoms with Crippen molar-refractivity contribution in [3.63, 3.8) is 0 Å². The predicted molar refractivity (Wildman–Crippen MR) is 134 cm³/mol. The molecular formula is C27H24FN5O. The summed E-state index contributed by atoms with van der Waals surface area (Å²) in [6.07, 6.45) is 0. The highest BCUT2D eigenvalue weighted by Gasteiger charge is 2.28. The fourth-order valence-electron chi connectivity index (χ4n) is 4.08. The Balaban J connectivity index is 1.26. The van der Waals surface area contributed by atoms with Gasteiger partial charge in [0.25, 0.3) is 5.91 Å². The van der Waals surface area contributed by atoms with Crippen LogP contribution in [-0.4, -0.2) is 24.0 Å². The Kier molecular flexibility index (Phi) is 5.59. The molecule has 6 nitrogen and oxygen atoms in total. The monoisotopic (exact) mass is 453 g/mol. The Morgan fingerprint density at radius 1 is 0.941 bits per heavy atom. The Morgan fingerprint density at radius 2 is 1.68 bits per heavy atom. The van der Waals surface area contributed by atoms with Crippen LogP contribution in [0, 0.1) is 5.82 Å². The first-order valence-corrected chi connectivity index (χ1v) is 11.0. The van der Waals surface area contributed by atoms with Gasteiger partial charge in [0.2, 0.25) is 0 Å². The maximum Gasteiger partial charge on any atom is 0.258 e. The summed E-state index contributed by atoms with van der Waals surface area (Å²) < 4.78 is 14.4. The first kappa shape index (κ1) is 21.5. The largest absolute Gasteiger partial charge is 0.396 e. The molecule has 0 atom stereocenters. The SMILES string of the molecule is Nc1ccc(-c2ccc(F)c(C(=O)Nc3ccc(N4CC(c5ccccc5)C4)cc3)c2)nc1N. The zero-order chi connectivity index (χ0) is 23.7. The molecule has 1 amide bonds. The number of hydrogen-bond donors (Lipinski definition) is 3. The number of nitrogens with one attached hydrogen (secondary N) is 1. The lowest BCUT2D eigenvalue weighted by Gasteiger charge is -2.41. The zero-order valence-electron chi connectivity index (χ0n) is 18.4. The fourth-order valence-corrected chi connectivity index (χ4v) is 4.08. The molecule has 0 saturated carbocycles. The number of nitrogens with zero attached hydrogens (tertiary/aromatic N) is 2. The predicted octanol–water partition coefficient (Wildman–Crippen LogP) is 4.91. The van der Waals surface area contributed by atoms with E-state index in [1.807, 2.05) is 30.3 Å². The van der Waals surface area contributed by atoms with Gasteiger partial charge in [0.15, 0.2) is 0 Å². The third-order valence-corrected chi connectivity index (χ3v) is 6.11. The van der Waals surface area contributed by atoms with Crippen molar-refractivity contribution >= 4 is 28.8 Å². The van der Waals surface area contributed by atoms with E-state index in [9.17, 15) is 9.18 Å².